The van der Waals surface area contributed by atoms with Crippen LogP contribution in [0.1, 0.15) is 29.9 Å². The molecule has 1 heterocycles. The van der Waals surface area contributed by atoms with Crippen LogP contribution in [0.4, 0.5) is 4.79 Å². The zero-order valence-electron chi connectivity index (χ0n) is 9.89. The van der Waals surface area contributed by atoms with Crippen molar-refractivity contribution in [2.45, 2.75) is 25.7 Å². The molecular formula is C13H17NO3. The maximum atomic E-state index is 10.8. The number of phenolic OH excluding ortho intramolecular Hbond substituents is 1. The molecule has 4 heteroatoms. The molecule has 0 bridgehead atoms. The lowest BCUT2D eigenvalue weighted by atomic mass is 9.89. The Bertz CT molecular complexity index is 423. The lowest BCUT2D eigenvalue weighted by Gasteiger charge is -2.30. The summed E-state index contributed by atoms with van der Waals surface area (Å²) in [4.78, 5) is 12.3. The molecule has 4 nitrogen and oxygen atoms in total. The van der Waals surface area contributed by atoms with Gasteiger partial charge in [-0.3, -0.25) is 0 Å². The fourth-order valence-corrected chi connectivity index (χ4v) is 2.34. The van der Waals surface area contributed by atoms with E-state index in [4.69, 9.17) is 5.11 Å². The van der Waals surface area contributed by atoms with Gasteiger partial charge in [-0.15, -0.1) is 0 Å². The molecule has 1 amide bonds. The number of aryl methyl sites for hydroxylation is 1. The van der Waals surface area contributed by atoms with Crippen molar-refractivity contribution in [2.75, 3.05) is 13.1 Å². The Morgan fingerprint density at radius 3 is 2.53 bits per heavy atom. The van der Waals surface area contributed by atoms with E-state index in [0.717, 1.165) is 18.4 Å². The molecular weight excluding hydrogens is 218 g/mol. The van der Waals surface area contributed by atoms with Crippen LogP contribution in [0, 0.1) is 6.92 Å². The number of rotatable bonds is 1. The van der Waals surface area contributed by atoms with Gasteiger partial charge in [-0.2, -0.15) is 0 Å². The summed E-state index contributed by atoms with van der Waals surface area (Å²) < 4.78 is 0. The minimum Gasteiger partial charge on any atom is -0.508 e. The number of carboxylic acid groups (broad SMARTS) is 1. The van der Waals surface area contributed by atoms with Crippen molar-refractivity contribution >= 4 is 6.09 Å². The van der Waals surface area contributed by atoms with E-state index in [0.29, 0.717) is 24.8 Å². The highest BCUT2D eigenvalue weighted by Crippen LogP contribution is 2.30. The van der Waals surface area contributed by atoms with Gasteiger partial charge >= 0.3 is 6.09 Å². The van der Waals surface area contributed by atoms with Gasteiger partial charge < -0.3 is 15.1 Å². The van der Waals surface area contributed by atoms with E-state index in [1.54, 1.807) is 6.07 Å². The molecule has 0 aromatic heterocycles. The van der Waals surface area contributed by atoms with Gasteiger partial charge in [0.25, 0.3) is 0 Å². The van der Waals surface area contributed by atoms with E-state index in [-0.39, 0.29) is 0 Å². The Morgan fingerprint density at radius 2 is 2.00 bits per heavy atom. The van der Waals surface area contributed by atoms with Gasteiger partial charge in [-0.05, 0) is 42.9 Å². The molecule has 1 saturated heterocycles. The summed E-state index contributed by atoms with van der Waals surface area (Å²) in [6.07, 6.45) is 0.887. The zero-order valence-corrected chi connectivity index (χ0v) is 9.89. The molecule has 2 N–H and O–H groups in total. The Hall–Kier alpha value is -1.71. The first-order valence-electron chi connectivity index (χ1n) is 5.85. The normalized spacial score (nSPS) is 17.1. The van der Waals surface area contributed by atoms with Gasteiger partial charge in [0.2, 0.25) is 0 Å². The summed E-state index contributed by atoms with van der Waals surface area (Å²) in [5, 5.41) is 18.3. The number of amides is 1. The first-order chi connectivity index (χ1) is 8.08. The molecule has 17 heavy (non-hydrogen) atoms. The Morgan fingerprint density at radius 1 is 1.35 bits per heavy atom. The molecule has 2 rings (SSSR count). The van der Waals surface area contributed by atoms with E-state index in [2.05, 4.69) is 0 Å². The summed E-state index contributed by atoms with van der Waals surface area (Å²) >= 11 is 0. The Balaban J connectivity index is 2.05. The van der Waals surface area contributed by atoms with E-state index in [9.17, 15) is 9.90 Å². The van der Waals surface area contributed by atoms with E-state index >= 15 is 0 Å². The number of phenols is 1. The molecule has 0 spiro atoms. The molecule has 1 aliphatic rings. The average molecular weight is 235 g/mol. The molecule has 1 aromatic rings. The molecule has 1 aliphatic heterocycles. The Labute approximate surface area is 100 Å². The van der Waals surface area contributed by atoms with Crippen LogP contribution < -0.4 is 0 Å². The molecule has 1 aromatic carbocycles. The van der Waals surface area contributed by atoms with Crippen molar-refractivity contribution in [3.05, 3.63) is 29.3 Å². The predicted molar refractivity (Wildman–Crippen MR) is 64.4 cm³/mol. The maximum absolute atomic E-state index is 10.8. The SMILES string of the molecule is Cc1cc(C2CCN(C(=O)O)CC2)ccc1O. The number of piperidine rings is 1. The smallest absolute Gasteiger partial charge is 0.407 e. The molecule has 92 valence electrons. The van der Waals surface area contributed by atoms with Crippen molar-refractivity contribution < 1.29 is 15.0 Å². The van der Waals surface area contributed by atoms with Crippen molar-refractivity contribution in [3.63, 3.8) is 0 Å². The number of likely N-dealkylation sites (tertiary alicyclic amines) is 1. The second-order valence-corrected chi connectivity index (χ2v) is 4.59. The second kappa shape index (κ2) is 4.65. The fourth-order valence-electron chi connectivity index (χ4n) is 2.34. The summed E-state index contributed by atoms with van der Waals surface area (Å²) in [6.45, 7) is 3.07. The van der Waals surface area contributed by atoms with E-state index in [1.165, 1.54) is 10.5 Å². The Kier molecular flexibility index (Phi) is 3.22. The number of benzene rings is 1. The van der Waals surface area contributed by atoms with Crippen LogP contribution in [-0.4, -0.2) is 34.3 Å². The van der Waals surface area contributed by atoms with Crippen LogP contribution in [0.5, 0.6) is 5.75 Å². The lowest BCUT2D eigenvalue weighted by molar-refractivity contribution is 0.132. The van der Waals surface area contributed by atoms with Gasteiger partial charge in [0.15, 0.2) is 0 Å². The fraction of sp³-hybridized carbons (Fsp3) is 0.462. The first-order valence-corrected chi connectivity index (χ1v) is 5.85. The van der Waals surface area contributed by atoms with Gasteiger partial charge in [-0.1, -0.05) is 12.1 Å². The van der Waals surface area contributed by atoms with Crippen LogP contribution in [0.3, 0.4) is 0 Å². The summed E-state index contributed by atoms with van der Waals surface area (Å²) in [7, 11) is 0. The number of carbonyl (C=O) groups is 1. The summed E-state index contributed by atoms with van der Waals surface area (Å²) in [6, 6.07) is 5.65. The second-order valence-electron chi connectivity index (χ2n) is 4.59. The molecule has 1 fully saturated rings. The number of nitrogens with zero attached hydrogens (tertiary/aromatic N) is 1. The minimum atomic E-state index is -0.828. The van der Waals surface area contributed by atoms with Crippen molar-refractivity contribution in [1.29, 1.82) is 0 Å². The lowest BCUT2D eigenvalue weighted by Crippen LogP contribution is -2.36. The van der Waals surface area contributed by atoms with Gasteiger partial charge in [-0.25, -0.2) is 4.79 Å². The third-order valence-electron chi connectivity index (χ3n) is 3.46. The molecule has 0 saturated carbocycles. The first kappa shape index (κ1) is 11.8. The minimum absolute atomic E-state index is 0.316. The van der Waals surface area contributed by atoms with Gasteiger partial charge in [0, 0.05) is 13.1 Å². The van der Waals surface area contributed by atoms with E-state index in [1.807, 2.05) is 19.1 Å². The number of hydrogen-bond acceptors (Lipinski definition) is 2. The molecule has 0 radical (unpaired) electrons. The standard InChI is InChI=1S/C13H17NO3/c1-9-8-11(2-3-12(9)15)10-4-6-14(7-5-10)13(16)17/h2-3,8,10,15H,4-7H2,1H3,(H,16,17). The van der Waals surface area contributed by atoms with Crippen LogP contribution >= 0.6 is 0 Å². The largest absolute Gasteiger partial charge is 0.508 e. The third kappa shape index (κ3) is 2.52. The topological polar surface area (TPSA) is 60.8 Å². The zero-order chi connectivity index (χ0) is 12.4. The van der Waals surface area contributed by atoms with E-state index < -0.39 is 6.09 Å². The van der Waals surface area contributed by atoms with Gasteiger partial charge in [0.1, 0.15) is 5.75 Å². The van der Waals surface area contributed by atoms with Crippen LogP contribution in [0.2, 0.25) is 0 Å². The third-order valence-corrected chi connectivity index (χ3v) is 3.46. The highest BCUT2D eigenvalue weighted by molar-refractivity contribution is 5.65. The molecule has 0 atom stereocenters. The van der Waals surface area contributed by atoms with Gasteiger partial charge in [0.05, 0.1) is 0 Å². The summed E-state index contributed by atoms with van der Waals surface area (Å²) in [5.74, 6) is 0.724. The molecule has 0 aliphatic carbocycles. The van der Waals surface area contributed by atoms with Crippen molar-refractivity contribution in [2.24, 2.45) is 0 Å². The van der Waals surface area contributed by atoms with Crippen molar-refractivity contribution in [3.8, 4) is 5.75 Å². The highest BCUT2D eigenvalue weighted by atomic mass is 16.4. The maximum Gasteiger partial charge on any atom is 0.407 e. The number of hydrogen-bond donors (Lipinski definition) is 2. The van der Waals surface area contributed by atoms with Crippen LogP contribution in [0.15, 0.2) is 18.2 Å². The number of aromatic hydroxyl groups is 1. The summed E-state index contributed by atoms with van der Waals surface area (Å²) in [5.41, 5.74) is 2.08. The monoisotopic (exact) mass is 235 g/mol. The van der Waals surface area contributed by atoms with Crippen LogP contribution in [0.25, 0.3) is 0 Å². The van der Waals surface area contributed by atoms with Crippen LogP contribution in [-0.2, 0) is 0 Å². The quantitative estimate of drug-likeness (QED) is 0.786. The average Bonchev–Trinajstić information content (AvgIpc) is 2.33. The predicted octanol–water partition coefficient (Wildman–Crippen LogP) is 2.56. The highest BCUT2D eigenvalue weighted by Gasteiger charge is 2.23. The molecule has 0 unspecified atom stereocenters. The van der Waals surface area contributed by atoms with Crippen molar-refractivity contribution in [1.82, 2.24) is 4.90 Å².